The zero-order valence-corrected chi connectivity index (χ0v) is 20.2. The molecule has 0 fully saturated rings. The topological polar surface area (TPSA) is 85.6 Å². The van der Waals surface area contributed by atoms with Gasteiger partial charge < -0.3 is 4.74 Å². The van der Waals surface area contributed by atoms with Gasteiger partial charge in [0.1, 0.15) is 5.75 Å². The largest absolute Gasteiger partial charge is 0.497 e. The Morgan fingerprint density at radius 2 is 1.91 bits per heavy atom. The van der Waals surface area contributed by atoms with Crippen molar-refractivity contribution in [2.45, 2.75) is 5.16 Å². The number of hydrazone groups is 1. The number of methoxy groups -OCH3 is 1. The molecule has 0 aliphatic rings. The van der Waals surface area contributed by atoms with Gasteiger partial charge in [0.25, 0.3) is 11.5 Å². The van der Waals surface area contributed by atoms with E-state index in [0.717, 1.165) is 11.8 Å². The van der Waals surface area contributed by atoms with E-state index in [1.54, 1.807) is 67.8 Å². The number of para-hydroxylation sites is 1. The second-order valence-electron chi connectivity index (χ2n) is 7.00. The lowest BCUT2D eigenvalue weighted by atomic mass is 10.2. The van der Waals surface area contributed by atoms with Gasteiger partial charge in [0.2, 0.25) is 0 Å². The van der Waals surface area contributed by atoms with E-state index in [4.69, 9.17) is 27.9 Å². The molecule has 7 nitrogen and oxygen atoms in total. The van der Waals surface area contributed by atoms with Crippen LogP contribution in [0.3, 0.4) is 0 Å². The molecule has 3 aromatic carbocycles. The first-order chi connectivity index (χ1) is 16.5. The van der Waals surface area contributed by atoms with E-state index in [-0.39, 0.29) is 17.2 Å². The van der Waals surface area contributed by atoms with Crippen molar-refractivity contribution >= 4 is 58.0 Å². The highest BCUT2D eigenvalue weighted by Crippen LogP contribution is 2.23. The molecule has 0 aliphatic heterocycles. The number of rotatable bonds is 7. The van der Waals surface area contributed by atoms with E-state index in [1.165, 1.54) is 10.8 Å². The third-order valence-corrected chi connectivity index (χ3v) is 6.26. The van der Waals surface area contributed by atoms with Crippen molar-refractivity contribution in [1.82, 2.24) is 15.0 Å². The van der Waals surface area contributed by atoms with Crippen LogP contribution < -0.4 is 15.7 Å². The highest BCUT2D eigenvalue weighted by Gasteiger charge is 2.15. The molecule has 0 spiro atoms. The molecule has 10 heteroatoms. The molecule has 1 N–H and O–H groups in total. The Kier molecular flexibility index (Phi) is 7.52. The molecule has 0 saturated heterocycles. The number of thioether (sulfide) groups is 1. The number of nitrogens with one attached hydrogen (secondary N) is 1. The van der Waals surface area contributed by atoms with Crippen LogP contribution in [0.2, 0.25) is 10.0 Å². The van der Waals surface area contributed by atoms with Crippen LogP contribution in [0.1, 0.15) is 5.56 Å². The lowest BCUT2D eigenvalue weighted by Gasteiger charge is -2.13. The Morgan fingerprint density at radius 1 is 1.15 bits per heavy atom. The zero-order valence-electron chi connectivity index (χ0n) is 17.9. The number of amides is 1. The van der Waals surface area contributed by atoms with Crippen molar-refractivity contribution in [2.75, 3.05) is 12.9 Å². The maximum absolute atomic E-state index is 13.3. The molecular weight excluding hydrogens is 495 g/mol. The average Bonchev–Trinajstić information content (AvgIpc) is 2.84. The quantitative estimate of drug-likeness (QED) is 0.164. The van der Waals surface area contributed by atoms with Crippen LogP contribution in [0.25, 0.3) is 16.6 Å². The number of benzene rings is 3. The van der Waals surface area contributed by atoms with Crippen molar-refractivity contribution in [1.29, 1.82) is 0 Å². The fourth-order valence-electron chi connectivity index (χ4n) is 3.11. The smallest absolute Gasteiger partial charge is 0.266 e. The Labute approximate surface area is 209 Å². The molecule has 0 unspecified atom stereocenters. The van der Waals surface area contributed by atoms with E-state index >= 15 is 0 Å². The van der Waals surface area contributed by atoms with Gasteiger partial charge in [-0.2, -0.15) is 5.10 Å². The Hall–Kier alpha value is -3.33. The van der Waals surface area contributed by atoms with Gasteiger partial charge in [-0.05, 0) is 48.5 Å². The molecule has 172 valence electrons. The Morgan fingerprint density at radius 3 is 2.65 bits per heavy atom. The van der Waals surface area contributed by atoms with Gasteiger partial charge in [0.05, 0.1) is 40.7 Å². The number of aromatic nitrogens is 2. The number of fused-ring (bicyclic) bond motifs is 1. The molecule has 1 aromatic heterocycles. The number of hydrogen-bond donors (Lipinski definition) is 1. The highest BCUT2D eigenvalue weighted by molar-refractivity contribution is 7.99. The molecular formula is C24H18Cl2N4O3S. The van der Waals surface area contributed by atoms with Gasteiger partial charge in [-0.1, -0.05) is 53.2 Å². The van der Waals surface area contributed by atoms with Crippen LogP contribution in [0.4, 0.5) is 0 Å². The summed E-state index contributed by atoms with van der Waals surface area (Å²) >= 11 is 13.1. The Bertz CT molecular complexity index is 1440. The van der Waals surface area contributed by atoms with Crippen molar-refractivity contribution < 1.29 is 9.53 Å². The van der Waals surface area contributed by atoms with Gasteiger partial charge in [-0.25, -0.2) is 10.4 Å². The van der Waals surface area contributed by atoms with Gasteiger partial charge in [0, 0.05) is 10.6 Å². The zero-order chi connectivity index (χ0) is 24.1. The summed E-state index contributed by atoms with van der Waals surface area (Å²) in [5.74, 6) is 0.292. The lowest BCUT2D eigenvalue weighted by molar-refractivity contribution is -0.118. The standard InChI is InChI=1S/C24H18Cl2N4O3S/c1-33-18-10-8-17(9-11-18)30-23(32)19-4-2-3-5-21(19)28-24(30)34-14-22(31)29-27-13-15-6-7-16(25)12-20(15)26/h2-13H,14H2,1H3,(H,29,31). The van der Waals surface area contributed by atoms with Gasteiger partial charge in [-0.3, -0.25) is 14.2 Å². The van der Waals surface area contributed by atoms with E-state index in [0.29, 0.717) is 43.1 Å². The van der Waals surface area contributed by atoms with Crippen LogP contribution in [0.5, 0.6) is 5.75 Å². The van der Waals surface area contributed by atoms with Crippen molar-refractivity contribution in [3.63, 3.8) is 0 Å². The minimum atomic E-state index is -0.366. The molecule has 1 amide bonds. The summed E-state index contributed by atoms with van der Waals surface area (Å²) in [6.07, 6.45) is 1.43. The number of carbonyl (C=O) groups is 1. The van der Waals surface area contributed by atoms with Crippen molar-refractivity contribution in [2.24, 2.45) is 5.10 Å². The first kappa shape index (κ1) is 23.8. The second-order valence-corrected chi connectivity index (χ2v) is 8.78. The minimum absolute atomic E-state index is 0.00732. The van der Waals surface area contributed by atoms with Crippen LogP contribution in [-0.2, 0) is 4.79 Å². The number of ether oxygens (including phenoxy) is 1. The summed E-state index contributed by atoms with van der Waals surface area (Å²) < 4.78 is 6.69. The summed E-state index contributed by atoms with van der Waals surface area (Å²) in [5, 5.41) is 5.74. The monoisotopic (exact) mass is 512 g/mol. The van der Waals surface area contributed by atoms with Crippen LogP contribution in [0.15, 0.2) is 81.8 Å². The van der Waals surface area contributed by atoms with Crippen LogP contribution in [0, 0.1) is 0 Å². The van der Waals surface area contributed by atoms with Crippen molar-refractivity contribution in [3.8, 4) is 11.4 Å². The SMILES string of the molecule is COc1ccc(-n2c(SCC(=O)NN=Cc3ccc(Cl)cc3Cl)nc3ccccc3c2=O)cc1. The fourth-order valence-corrected chi connectivity index (χ4v) is 4.37. The maximum atomic E-state index is 13.3. The molecule has 0 bridgehead atoms. The molecule has 0 atom stereocenters. The normalized spacial score (nSPS) is 11.1. The van der Waals surface area contributed by atoms with Gasteiger partial charge in [-0.15, -0.1) is 0 Å². The molecule has 0 radical (unpaired) electrons. The Balaban J connectivity index is 1.56. The average molecular weight is 513 g/mol. The third-order valence-electron chi connectivity index (χ3n) is 4.76. The molecule has 1 heterocycles. The van der Waals surface area contributed by atoms with E-state index in [9.17, 15) is 9.59 Å². The highest BCUT2D eigenvalue weighted by atomic mass is 35.5. The summed E-state index contributed by atoms with van der Waals surface area (Å²) in [7, 11) is 1.57. The van der Waals surface area contributed by atoms with E-state index in [2.05, 4.69) is 15.5 Å². The van der Waals surface area contributed by atoms with Crippen LogP contribution in [-0.4, -0.2) is 34.5 Å². The van der Waals surface area contributed by atoms with Gasteiger partial charge >= 0.3 is 0 Å². The summed E-state index contributed by atoms with van der Waals surface area (Å²) in [6.45, 7) is 0. The summed E-state index contributed by atoms with van der Waals surface area (Å²) in [4.78, 5) is 30.3. The summed E-state index contributed by atoms with van der Waals surface area (Å²) in [6, 6.07) is 19.1. The first-order valence-electron chi connectivity index (χ1n) is 10.0. The summed E-state index contributed by atoms with van der Waals surface area (Å²) in [5.41, 5.74) is 4.01. The molecule has 4 aromatic rings. The number of hydrogen-bond acceptors (Lipinski definition) is 6. The number of nitrogens with zero attached hydrogens (tertiary/aromatic N) is 3. The number of halogens is 2. The van der Waals surface area contributed by atoms with Crippen molar-refractivity contribution in [3.05, 3.63) is 92.7 Å². The minimum Gasteiger partial charge on any atom is -0.497 e. The first-order valence-corrected chi connectivity index (χ1v) is 11.8. The molecule has 34 heavy (non-hydrogen) atoms. The maximum Gasteiger partial charge on any atom is 0.266 e. The second kappa shape index (κ2) is 10.7. The van der Waals surface area contributed by atoms with Gasteiger partial charge in [0.15, 0.2) is 5.16 Å². The van der Waals surface area contributed by atoms with E-state index < -0.39 is 0 Å². The van der Waals surface area contributed by atoms with Crippen LogP contribution >= 0.6 is 35.0 Å². The van der Waals surface area contributed by atoms with E-state index in [1.807, 2.05) is 6.07 Å². The third kappa shape index (κ3) is 5.41. The molecule has 0 aliphatic carbocycles. The fraction of sp³-hybridized carbons (Fsp3) is 0.0833. The molecule has 4 rings (SSSR count). The molecule has 0 saturated carbocycles. The predicted molar refractivity (Wildman–Crippen MR) is 137 cm³/mol. The predicted octanol–water partition coefficient (Wildman–Crippen LogP) is 4.94. The number of carbonyl (C=O) groups excluding carboxylic acids is 1. The lowest BCUT2D eigenvalue weighted by Crippen LogP contribution is -2.24.